The van der Waals surface area contributed by atoms with E-state index in [1.54, 1.807) is 0 Å². The highest BCUT2D eigenvalue weighted by atomic mass is 32.1. The zero-order valence-corrected chi connectivity index (χ0v) is 18.7. The first kappa shape index (κ1) is 23.2. The number of amides is 2. The molecular formula is C20H31N3O5S. The Morgan fingerprint density at radius 1 is 1.31 bits per heavy atom. The van der Waals surface area contributed by atoms with Gasteiger partial charge in [0, 0.05) is 18.3 Å². The highest BCUT2D eigenvalue weighted by Crippen LogP contribution is 2.40. The smallest absolute Gasteiger partial charge is 0.341 e. The van der Waals surface area contributed by atoms with Crippen LogP contribution in [0.4, 0.5) is 5.00 Å². The van der Waals surface area contributed by atoms with Gasteiger partial charge < -0.3 is 25.8 Å². The summed E-state index contributed by atoms with van der Waals surface area (Å²) in [4.78, 5) is 37.3. The van der Waals surface area contributed by atoms with Gasteiger partial charge in [-0.1, -0.05) is 13.8 Å². The maximum atomic E-state index is 12.6. The summed E-state index contributed by atoms with van der Waals surface area (Å²) in [7, 11) is 0. The van der Waals surface area contributed by atoms with Gasteiger partial charge in [0.2, 0.25) is 11.8 Å². The lowest BCUT2D eigenvalue weighted by Gasteiger charge is -2.26. The Kier molecular flexibility index (Phi) is 7.29. The van der Waals surface area contributed by atoms with Gasteiger partial charge in [-0.05, 0) is 38.7 Å². The topological polar surface area (TPSA) is 120 Å². The number of nitrogen functional groups attached to an aromatic ring is 1. The summed E-state index contributed by atoms with van der Waals surface area (Å²) >= 11 is 1.29. The summed E-state index contributed by atoms with van der Waals surface area (Å²) in [5.74, 6) is -1.04. The van der Waals surface area contributed by atoms with Gasteiger partial charge in [0.1, 0.15) is 22.7 Å². The van der Waals surface area contributed by atoms with Crippen LogP contribution < -0.4 is 16.4 Å². The summed E-state index contributed by atoms with van der Waals surface area (Å²) in [5.41, 5.74) is 6.74. The van der Waals surface area contributed by atoms with Crippen LogP contribution in [0, 0.1) is 5.92 Å². The second-order valence-corrected chi connectivity index (χ2v) is 9.55. The predicted molar refractivity (Wildman–Crippen MR) is 112 cm³/mol. The molecule has 0 fully saturated rings. The minimum absolute atomic E-state index is 0.0575. The zero-order valence-electron chi connectivity index (χ0n) is 17.9. The molecule has 2 atom stereocenters. The van der Waals surface area contributed by atoms with Crippen molar-refractivity contribution in [2.75, 3.05) is 18.9 Å². The molecular weight excluding hydrogens is 394 g/mol. The standard InChI is InChI=1S/C20H31N3O5S/c1-10(2)15(23-11(3)24)18(25)22-9-13-16-12(7-8-27-13)14(17(21)29-16)19(26)28-20(4,5)6/h10,13,15H,7-9,21H2,1-6H3,(H,22,25)(H,23,24). The fraction of sp³-hybridized carbons (Fsp3) is 0.650. The number of rotatable bonds is 6. The van der Waals surface area contributed by atoms with Crippen LogP contribution in [0.1, 0.15) is 68.4 Å². The Labute approximate surface area is 175 Å². The van der Waals surface area contributed by atoms with E-state index in [1.165, 1.54) is 18.3 Å². The molecule has 29 heavy (non-hydrogen) atoms. The van der Waals surface area contributed by atoms with Crippen LogP contribution in [0.3, 0.4) is 0 Å². The van der Waals surface area contributed by atoms with Gasteiger partial charge in [0.15, 0.2) is 0 Å². The van der Waals surface area contributed by atoms with E-state index in [1.807, 2.05) is 34.6 Å². The van der Waals surface area contributed by atoms with Crippen LogP contribution in [0.2, 0.25) is 0 Å². The third-order valence-corrected chi connectivity index (χ3v) is 5.55. The van der Waals surface area contributed by atoms with Crippen molar-refractivity contribution >= 4 is 34.1 Å². The molecule has 0 bridgehead atoms. The first-order chi connectivity index (χ1) is 13.4. The Morgan fingerprint density at radius 2 is 1.97 bits per heavy atom. The highest BCUT2D eigenvalue weighted by Gasteiger charge is 2.33. The molecule has 8 nitrogen and oxygen atoms in total. The van der Waals surface area contributed by atoms with Crippen LogP contribution in [-0.4, -0.2) is 42.6 Å². The molecule has 2 unspecified atom stereocenters. The third kappa shape index (κ3) is 5.93. The average Bonchev–Trinajstić information content (AvgIpc) is 2.92. The molecule has 4 N–H and O–H groups in total. The molecule has 0 saturated heterocycles. The number of esters is 1. The van der Waals surface area contributed by atoms with Gasteiger partial charge in [-0.25, -0.2) is 4.79 Å². The Bertz CT molecular complexity index is 782. The SMILES string of the molecule is CC(=O)NC(C(=O)NCC1OCCc2c1sc(N)c2C(=O)OC(C)(C)C)C(C)C. The minimum atomic E-state index is -0.624. The molecule has 1 aliphatic heterocycles. The lowest BCUT2D eigenvalue weighted by molar-refractivity contribution is -0.129. The molecule has 2 heterocycles. The molecule has 1 aliphatic rings. The number of anilines is 1. The summed E-state index contributed by atoms with van der Waals surface area (Å²) < 4.78 is 11.3. The van der Waals surface area contributed by atoms with E-state index in [9.17, 15) is 14.4 Å². The van der Waals surface area contributed by atoms with Gasteiger partial charge in [-0.3, -0.25) is 9.59 Å². The summed E-state index contributed by atoms with van der Waals surface area (Å²) in [5, 5.41) is 5.91. The number of hydrogen-bond acceptors (Lipinski definition) is 7. The van der Waals surface area contributed by atoms with E-state index in [4.69, 9.17) is 15.2 Å². The monoisotopic (exact) mass is 425 g/mol. The summed E-state index contributed by atoms with van der Waals surface area (Å²) in [6, 6.07) is -0.624. The molecule has 2 amide bonds. The molecule has 0 radical (unpaired) electrons. The fourth-order valence-corrected chi connectivity index (χ4v) is 4.31. The van der Waals surface area contributed by atoms with Crippen LogP contribution in [0.15, 0.2) is 0 Å². The molecule has 0 aromatic carbocycles. The van der Waals surface area contributed by atoms with E-state index in [-0.39, 0.29) is 24.3 Å². The molecule has 2 rings (SSSR count). The van der Waals surface area contributed by atoms with Crippen LogP contribution in [0.25, 0.3) is 0 Å². The van der Waals surface area contributed by atoms with E-state index in [0.29, 0.717) is 23.6 Å². The average molecular weight is 426 g/mol. The van der Waals surface area contributed by atoms with Gasteiger partial charge in [-0.2, -0.15) is 0 Å². The van der Waals surface area contributed by atoms with Crippen molar-refractivity contribution < 1.29 is 23.9 Å². The van der Waals surface area contributed by atoms with E-state index in [2.05, 4.69) is 10.6 Å². The van der Waals surface area contributed by atoms with E-state index >= 15 is 0 Å². The fourth-order valence-electron chi connectivity index (χ4n) is 3.15. The van der Waals surface area contributed by atoms with Crippen LogP contribution in [0.5, 0.6) is 0 Å². The Balaban J connectivity index is 2.15. The van der Waals surface area contributed by atoms with Crippen molar-refractivity contribution in [3.8, 4) is 0 Å². The van der Waals surface area contributed by atoms with Crippen LogP contribution in [-0.2, 0) is 25.5 Å². The zero-order chi connectivity index (χ0) is 21.9. The van der Waals surface area contributed by atoms with E-state index < -0.39 is 23.7 Å². The number of fused-ring (bicyclic) bond motifs is 1. The second-order valence-electron chi connectivity index (χ2n) is 8.46. The number of hydrogen-bond donors (Lipinski definition) is 3. The Morgan fingerprint density at radius 3 is 2.52 bits per heavy atom. The van der Waals surface area contributed by atoms with Crippen molar-refractivity contribution in [2.24, 2.45) is 5.92 Å². The number of nitrogens with two attached hydrogens (primary N) is 1. The molecule has 0 spiro atoms. The quantitative estimate of drug-likeness (QED) is 0.601. The lowest BCUT2D eigenvalue weighted by atomic mass is 10.0. The molecule has 1 aromatic rings. The molecule has 9 heteroatoms. The second kappa shape index (κ2) is 9.13. The minimum Gasteiger partial charge on any atom is -0.456 e. The lowest BCUT2D eigenvalue weighted by Crippen LogP contribution is -2.50. The number of ether oxygens (including phenoxy) is 2. The summed E-state index contributed by atoms with van der Waals surface area (Å²) in [6.07, 6.45) is 0.152. The van der Waals surface area contributed by atoms with Crippen molar-refractivity contribution in [1.82, 2.24) is 10.6 Å². The third-order valence-electron chi connectivity index (χ3n) is 4.40. The molecule has 0 saturated carbocycles. The van der Waals surface area contributed by atoms with Crippen molar-refractivity contribution in [2.45, 2.75) is 65.7 Å². The molecule has 0 aliphatic carbocycles. The molecule has 162 valence electrons. The maximum Gasteiger partial charge on any atom is 0.341 e. The highest BCUT2D eigenvalue weighted by molar-refractivity contribution is 7.16. The maximum absolute atomic E-state index is 12.6. The number of carbonyl (C=O) groups is 3. The van der Waals surface area contributed by atoms with Gasteiger partial charge in [-0.15, -0.1) is 11.3 Å². The predicted octanol–water partition coefficient (Wildman–Crippen LogP) is 2.18. The van der Waals surface area contributed by atoms with E-state index in [0.717, 1.165) is 10.4 Å². The van der Waals surface area contributed by atoms with Gasteiger partial charge in [0.05, 0.1) is 12.2 Å². The molecule has 1 aromatic heterocycles. The van der Waals surface area contributed by atoms with Crippen molar-refractivity contribution in [3.05, 3.63) is 16.0 Å². The summed E-state index contributed by atoms with van der Waals surface area (Å²) in [6.45, 7) is 11.2. The Hall–Kier alpha value is -2.13. The van der Waals surface area contributed by atoms with Gasteiger partial charge >= 0.3 is 5.97 Å². The largest absolute Gasteiger partial charge is 0.456 e. The number of thiophene rings is 1. The first-order valence-corrected chi connectivity index (χ1v) is 10.5. The number of carbonyl (C=O) groups excluding carboxylic acids is 3. The first-order valence-electron chi connectivity index (χ1n) is 9.71. The normalized spacial score (nSPS) is 17.4. The van der Waals surface area contributed by atoms with Crippen molar-refractivity contribution in [3.63, 3.8) is 0 Å². The van der Waals surface area contributed by atoms with Crippen LogP contribution >= 0.6 is 11.3 Å². The van der Waals surface area contributed by atoms with Crippen molar-refractivity contribution in [1.29, 1.82) is 0 Å². The van der Waals surface area contributed by atoms with Gasteiger partial charge in [0.25, 0.3) is 0 Å². The number of nitrogens with one attached hydrogen (secondary N) is 2.